The molecule has 0 fully saturated rings. The standard InChI is InChI=1S/C27H34F2N6O2/c1-16(2)35-24-22(15-31-35)20(25(36)30-14-21-17(3)12-18(4)32-26(21)37)13-23(33-24)19-6-9-34(10-7-19)11-8-27(5,28)29/h6,12-13,15-16H,7-11,14H2,1-5H3,(H,30,36)(H,32,37). The molecule has 0 unspecified atom stereocenters. The van der Waals surface area contributed by atoms with Gasteiger partial charge in [0.15, 0.2) is 5.65 Å². The second kappa shape index (κ2) is 10.5. The molecule has 0 bridgehead atoms. The van der Waals surface area contributed by atoms with E-state index in [1.165, 1.54) is 0 Å². The molecule has 0 radical (unpaired) electrons. The van der Waals surface area contributed by atoms with Crippen molar-refractivity contribution in [1.82, 2.24) is 30.0 Å². The molecule has 4 heterocycles. The fourth-order valence-electron chi connectivity index (χ4n) is 4.61. The number of aromatic amines is 1. The van der Waals surface area contributed by atoms with Crippen molar-refractivity contribution in [2.24, 2.45) is 0 Å². The Morgan fingerprint density at radius 2 is 2.03 bits per heavy atom. The number of hydrogen-bond acceptors (Lipinski definition) is 5. The lowest BCUT2D eigenvalue weighted by atomic mass is 10.0. The predicted octanol–water partition coefficient (Wildman–Crippen LogP) is 4.38. The zero-order valence-electron chi connectivity index (χ0n) is 22.0. The fraction of sp³-hybridized carbons (Fsp3) is 0.481. The van der Waals surface area contributed by atoms with E-state index in [-0.39, 0.29) is 30.5 Å². The number of nitrogens with one attached hydrogen (secondary N) is 2. The number of aromatic nitrogens is 4. The Bertz CT molecular complexity index is 1400. The lowest BCUT2D eigenvalue weighted by molar-refractivity contribution is 0.00406. The van der Waals surface area contributed by atoms with Crippen molar-refractivity contribution in [3.63, 3.8) is 0 Å². The van der Waals surface area contributed by atoms with Crippen LogP contribution in [0, 0.1) is 13.8 Å². The molecule has 1 amide bonds. The third-order valence-electron chi connectivity index (χ3n) is 6.71. The summed E-state index contributed by atoms with van der Waals surface area (Å²) in [5.41, 5.74) is 4.55. The highest BCUT2D eigenvalue weighted by atomic mass is 19.3. The van der Waals surface area contributed by atoms with Gasteiger partial charge in [0.1, 0.15) is 0 Å². The van der Waals surface area contributed by atoms with Crippen LogP contribution in [-0.2, 0) is 6.54 Å². The quantitative estimate of drug-likeness (QED) is 0.467. The van der Waals surface area contributed by atoms with Crippen LogP contribution in [0.4, 0.5) is 8.78 Å². The van der Waals surface area contributed by atoms with Crippen molar-refractivity contribution in [3.05, 3.63) is 62.8 Å². The number of amides is 1. The molecule has 0 atom stereocenters. The smallest absolute Gasteiger partial charge is 0.253 e. The van der Waals surface area contributed by atoms with Gasteiger partial charge in [-0.15, -0.1) is 0 Å². The average Bonchev–Trinajstić information content (AvgIpc) is 3.25. The van der Waals surface area contributed by atoms with Gasteiger partial charge in [0, 0.05) is 49.9 Å². The number of aryl methyl sites for hydroxylation is 2. The molecule has 1 aliphatic rings. The number of alkyl halides is 2. The van der Waals surface area contributed by atoms with Crippen molar-refractivity contribution in [1.29, 1.82) is 0 Å². The van der Waals surface area contributed by atoms with E-state index in [1.54, 1.807) is 16.9 Å². The van der Waals surface area contributed by atoms with Gasteiger partial charge in [-0.05, 0) is 64.3 Å². The van der Waals surface area contributed by atoms with E-state index in [0.717, 1.165) is 23.8 Å². The molecule has 1 aliphatic heterocycles. The third-order valence-corrected chi connectivity index (χ3v) is 6.71. The maximum atomic E-state index is 13.4. The van der Waals surface area contributed by atoms with Crippen LogP contribution in [0.2, 0.25) is 0 Å². The summed E-state index contributed by atoms with van der Waals surface area (Å²) >= 11 is 0. The Kier molecular flexibility index (Phi) is 7.59. The van der Waals surface area contributed by atoms with Crippen molar-refractivity contribution in [3.8, 4) is 0 Å². The number of pyridine rings is 2. The van der Waals surface area contributed by atoms with Crippen molar-refractivity contribution in [2.75, 3.05) is 19.6 Å². The number of rotatable bonds is 8. The molecule has 0 spiro atoms. The lowest BCUT2D eigenvalue weighted by Crippen LogP contribution is -2.32. The maximum Gasteiger partial charge on any atom is 0.253 e. The highest BCUT2D eigenvalue weighted by Crippen LogP contribution is 2.28. The first-order valence-corrected chi connectivity index (χ1v) is 12.6. The van der Waals surface area contributed by atoms with Crippen LogP contribution < -0.4 is 10.9 Å². The first kappa shape index (κ1) is 26.7. The molecular formula is C27H34F2N6O2. The number of nitrogens with zero attached hydrogens (tertiary/aromatic N) is 4. The topological polar surface area (TPSA) is 95.9 Å². The van der Waals surface area contributed by atoms with Crippen LogP contribution in [0.25, 0.3) is 16.6 Å². The molecule has 37 heavy (non-hydrogen) atoms. The minimum atomic E-state index is -2.68. The summed E-state index contributed by atoms with van der Waals surface area (Å²) < 4.78 is 28.3. The van der Waals surface area contributed by atoms with Crippen LogP contribution in [0.15, 0.2) is 29.2 Å². The van der Waals surface area contributed by atoms with E-state index in [2.05, 4.69) is 15.4 Å². The largest absolute Gasteiger partial charge is 0.348 e. The Morgan fingerprint density at radius 3 is 2.65 bits per heavy atom. The highest BCUT2D eigenvalue weighted by molar-refractivity contribution is 6.06. The number of carbonyl (C=O) groups excluding carboxylic acids is 1. The molecule has 0 saturated carbocycles. The average molecular weight is 513 g/mol. The van der Waals surface area contributed by atoms with Gasteiger partial charge >= 0.3 is 0 Å². The van der Waals surface area contributed by atoms with Crippen molar-refractivity contribution >= 4 is 22.5 Å². The van der Waals surface area contributed by atoms with E-state index < -0.39 is 5.92 Å². The van der Waals surface area contributed by atoms with Crippen molar-refractivity contribution in [2.45, 2.75) is 66.0 Å². The van der Waals surface area contributed by atoms with Gasteiger partial charge in [0.2, 0.25) is 5.92 Å². The van der Waals surface area contributed by atoms with E-state index in [1.807, 2.05) is 44.7 Å². The minimum Gasteiger partial charge on any atom is -0.348 e. The molecule has 0 aromatic carbocycles. The van der Waals surface area contributed by atoms with Gasteiger partial charge in [-0.25, -0.2) is 18.4 Å². The molecule has 3 aromatic heterocycles. The summed E-state index contributed by atoms with van der Waals surface area (Å²) in [4.78, 5) is 35.4. The Morgan fingerprint density at radius 1 is 1.27 bits per heavy atom. The molecule has 198 valence electrons. The van der Waals surface area contributed by atoms with Crippen LogP contribution in [0.5, 0.6) is 0 Å². The fourth-order valence-corrected chi connectivity index (χ4v) is 4.61. The van der Waals surface area contributed by atoms with Gasteiger partial charge in [-0.3, -0.25) is 14.5 Å². The van der Waals surface area contributed by atoms with Crippen LogP contribution in [0.3, 0.4) is 0 Å². The molecule has 4 rings (SSSR count). The molecule has 3 aromatic rings. The molecule has 0 aliphatic carbocycles. The third kappa shape index (κ3) is 6.12. The van der Waals surface area contributed by atoms with Gasteiger partial charge < -0.3 is 10.3 Å². The zero-order valence-corrected chi connectivity index (χ0v) is 22.0. The normalized spacial score (nSPS) is 14.9. The molecule has 2 N–H and O–H groups in total. The van der Waals surface area contributed by atoms with E-state index in [0.29, 0.717) is 53.9 Å². The number of carbonyl (C=O) groups is 1. The predicted molar refractivity (Wildman–Crippen MR) is 140 cm³/mol. The van der Waals surface area contributed by atoms with E-state index in [9.17, 15) is 18.4 Å². The SMILES string of the molecule is Cc1cc(C)c(CNC(=O)c2cc(C3=CCN(CCC(C)(F)F)CC3)nc3c2cnn3C(C)C)c(=O)[nH]1. The first-order valence-electron chi connectivity index (χ1n) is 12.6. The monoisotopic (exact) mass is 512 g/mol. The van der Waals surface area contributed by atoms with Crippen LogP contribution in [-0.4, -0.2) is 56.1 Å². The van der Waals surface area contributed by atoms with E-state index >= 15 is 0 Å². The lowest BCUT2D eigenvalue weighted by Gasteiger charge is -2.27. The zero-order chi connectivity index (χ0) is 26.9. The minimum absolute atomic E-state index is 0.0384. The van der Waals surface area contributed by atoms with Gasteiger partial charge in [-0.2, -0.15) is 5.10 Å². The number of H-pyrrole nitrogens is 1. The molecule has 8 nitrogen and oxygen atoms in total. The van der Waals surface area contributed by atoms with Crippen LogP contribution in [0.1, 0.15) is 72.5 Å². The Labute approximate surface area is 214 Å². The summed E-state index contributed by atoms with van der Waals surface area (Å²) in [6.07, 6.45) is 4.11. The summed E-state index contributed by atoms with van der Waals surface area (Å²) in [6.45, 7) is 10.2. The Hall–Kier alpha value is -3.40. The second-order valence-corrected chi connectivity index (χ2v) is 10.2. The molecular weight excluding hydrogens is 478 g/mol. The summed E-state index contributed by atoms with van der Waals surface area (Å²) in [5.74, 6) is -3.00. The van der Waals surface area contributed by atoms with Gasteiger partial charge in [0.05, 0.1) is 22.8 Å². The van der Waals surface area contributed by atoms with Gasteiger partial charge in [0.25, 0.3) is 11.5 Å². The number of hydrogen-bond donors (Lipinski definition) is 2. The first-order chi connectivity index (χ1) is 17.4. The van der Waals surface area contributed by atoms with Gasteiger partial charge in [-0.1, -0.05) is 6.08 Å². The summed E-state index contributed by atoms with van der Waals surface area (Å²) in [7, 11) is 0. The Balaban J connectivity index is 1.63. The second-order valence-electron chi connectivity index (χ2n) is 10.2. The van der Waals surface area contributed by atoms with E-state index in [4.69, 9.17) is 4.98 Å². The number of halogens is 2. The van der Waals surface area contributed by atoms with Crippen LogP contribution >= 0.6 is 0 Å². The summed E-state index contributed by atoms with van der Waals surface area (Å²) in [6, 6.07) is 3.67. The molecule has 0 saturated heterocycles. The summed E-state index contributed by atoms with van der Waals surface area (Å²) in [5, 5.41) is 7.98. The highest BCUT2D eigenvalue weighted by Gasteiger charge is 2.24. The maximum absolute atomic E-state index is 13.4. The van der Waals surface area contributed by atoms with Crippen molar-refractivity contribution < 1.29 is 13.6 Å². The number of fused-ring (bicyclic) bond motifs is 1. The molecule has 10 heteroatoms.